The molecule has 0 saturated heterocycles. The summed E-state index contributed by atoms with van der Waals surface area (Å²) in [6.45, 7) is 4.03. The number of halogens is 2. The van der Waals surface area contributed by atoms with Gasteiger partial charge in [-0.2, -0.15) is 0 Å². The topological polar surface area (TPSA) is 17.1 Å². The number of rotatable bonds is 5. The van der Waals surface area contributed by atoms with Gasteiger partial charge in [-0.25, -0.2) is 8.78 Å². The fourth-order valence-corrected chi connectivity index (χ4v) is 3.08. The standard InChI is InChI=1S/C17H16F2OS/c1-11-6-12(2)8-13(7-11)9-21-10-16(20)17-14(18)4-3-5-15(17)19/h3-8H,9-10H2,1-2H3. The lowest BCUT2D eigenvalue weighted by atomic mass is 10.1. The van der Waals surface area contributed by atoms with Gasteiger partial charge in [0.2, 0.25) is 0 Å². The molecule has 2 rings (SSSR count). The van der Waals surface area contributed by atoms with Crippen LogP contribution in [0.2, 0.25) is 0 Å². The Labute approximate surface area is 127 Å². The van der Waals surface area contributed by atoms with Crippen LogP contribution in [0.1, 0.15) is 27.0 Å². The van der Waals surface area contributed by atoms with Crippen molar-refractivity contribution >= 4 is 17.5 Å². The van der Waals surface area contributed by atoms with Crippen LogP contribution >= 0.6 is 11.8 Å². The number of aryl methyl sites for hydroxylation is 2. The lowest BCUT2D eigenvalue weighted by Gasteiger charge is -2.06. The molecule has 0 N–H and O–H groups in total. The summed E-state index contributed by atoms with van der Waals surface area (Å²) in [5, 5.41) is 0. The number of hydrogen-bond acceptors (Lipinski definition) is 2. The molecule has 0 heterocycles. The van der Waals surface area contributed by atoms with Gasteiger partial charge in [-0.15, -0.1) is 11.8 Å². The van der Waals surface area contributed by atoms with Crippen molar-refractivity contribution in [1.82, 2.24) is 0 Å². The molecule has 1 nitrogen and oxygen atoms in total. The Morgan fingerprint density at radius 1 is 1.05 bits per heavy atom. The van der Waals surface area contributed by atoms with Gasteiger partial charge >= 0.3 is 0 Å². The van der Waals surface area contributed by atoms with Crippen molar-refractivity contribution in [3.63, 3.8) is 0 Å². The number of ketones is 1. The summed E-state index contributed by atoms with van der Waals surface area (Å²) in [5.41, 5.74) is 3.00. The predicted octanol–water partition coefficient (Wildman–Crippen LogP) is 4.70. The van der Waals surface area contributed by atoms with Crippen LogP contribution in [0, 0.1) is 25.5 Å². The monoisotopic (exact) mass is 306 g/mol. The maximum absolute atomic E-state index is 13.5. The molecule has 0 aromatic heterocycles. The maximum Gasteiger partial charge on any atom is 0.178 e. The van der Waals surface area contributed by atoms with Crippen LogP contribution in [0.25, 0.3) is 0 Å². The van der Waals surface area contributed by atoms with Gasteiger partial charge in [0.25, 0.3) is 0 Å². The molecule has 0 spiro atoms. The van der Waals surface area contributed by atoms with Gasteiger partial charge < -0.3 is 0 Å². The van der Waals surface area contributed by atoms with Crippen LogP contribution in [0.3, 0.4) is 0 Å². The molecule has 0 bridgehead atoms. The Hall–Kier alpha value is -1.68. The molecule has 0 amide bonds. The summed E-state index contributed by atoms with van der Waals surface area (Å²) in [4.78, 5) is 11.9. The molecule has 2 aromatic rings. The van der Waals surface area contributed by atoms with Gasteiger partial charge in [0.15, 0.2) is 5.78 Å². The Kier molecular flexibility index (Phi) is 5.12. The number of hydrogen-bond donors (Lipinski definition) is 0. The number of thioether (sulfide) groups is 1. The van der Waals surface area contributed by atoms with Crippen LogP contribution in [0.5, 0.6) is 0 Å². The molecule has 0 fully saturated rings. The van der Waals surface area contributed by atoms with E-state index in [0.717, 1.165) is 28.8 Å². The second-order valence-corrected chi connectivity index (χ2v) is 5.99. The number of benzene rings is 2. The van der Waals surface area contributed by atoms with E-state index in [4.69, 9.17) is 0 Å². The molecular formula is C17H16F2OS. The molecule has 21 heavy (non-hydrogen) atoms. The van der Waals surface area contributed by atoms with E-state index in [9.17, 15) is 13.6 Å². The molecule has 0 unspecified atom stereocenters. The zero-order valence-electron chi connectivity index (χ0n) is 12.0. The van der Waals surface area contributed by atoms with Crippen molar-refractivity contribution < 1.29 is 13.6 Å². The first kappa shape index (κ1) is 15.7. The van der Waals surface area contributed by atoms with Crippen LogP contribution < -0.4 is 0 Å². The molecular weight excluding hydrogens is 290 g/mol. The average Bonchev–Trinajstić information content (AvgIpc) is 2.37. The summed E-state index contributed by atoms with van der Waals surface area (Å²) in [5.74, 6) is -1.41. The van der Waals surface area contributed by atoms with E-state index in [-0.39, 0.29) is 5.75 Å². The predicted molar refractivity (Wildman–Crippen MR) is 82.8 cm³/mol. The highest BCUT2D eigenvalue weighted by Gasteiger charge is 2.16. The first-order valence-corrected chi connectivity index (χ1v) is 7.75. The summed E-state index contributed by atoms with van der Waals surface area (Å²) in [7, 11) is 0. The highest BCUT2D eigenvalue weighted by atomic mass is 32.2. The molecule has 110 valence electrons. The Bertz CT molecular complexity index is 627. The van der Waals surface area contributed by atoms with Crippen molar-refractivity contribution in [2.45, 2.75) is 19.6 Å². The third-order valence-electron chi connectivity index (χ3n) is 3.02. The van der Waals surface area contributed by atoms with Gasteiger partial charge in [-0.05, 0) is 31.5 Å². The first-order chi connectivity index (χ1) is 9.97. The number of Topliss-reactive ketones (excluding diaryl/α,β-unsaturated/α-hetero) is 1. The quantitative estimate of drug-likeness (QED) is 0.745. The van der Waals surface area contributed by atoms with Gasteiger partial charge in [-0.1, -0.05) is 35.4 Å². The average molecular weight is 306 g/mol. The fraction of sp³-hybridized carbons (Fsp3) is 0.235. The van der Waals surface area contributed by atoms with Crippen LogP contribution in [-0.4, -0.2) is 11.5 Å². The van der Waals surface area contributed by atoms with Gasteiger partial charge in [-0.3, -0.25) is 4.79 Å². The highest BCUT2D eigenvalue weighted by molar-refractivity contribution is 7.99. The van der Waals surface area contributed by atoms with Crippen molar-refractivity contribution in [3.05, 3.63) is 70.3 Å². The third-order valence-corrected chi connectivity index (χ3v) is 4.03. The van der Waals surface area contributed by atoms with E-state index in [2.05, 4.69) is 6.07 Å². The summed E-state index contributed by atoms with van der Waals surface area (Å²) < 4.78 is 27.0. The lowest BCUT2D eigenvalue weighted by Crippen LogP contribution is -2.08. The van der Waals surface area contributed by atoms with E-state index in [1.165, 1.54) is 17.8 Å². The van der Waals surface area contributed by atoms with Crippen molar-refractivity contribution in [2.24, 2.45) is 0 Å². The largest absolute Gasteiger partial charge is 0.293 e. The molecule has 0 radical (unpaired) electrons. The van der Waals surface area contributed by atoms with Gasteiger partial charge in [0.05, 0.1) is 11.3 Å². The Morgan fingerprint density at radius 3 is 2.19 bits per heavy atom. The van der Waals surface area contributed by atoms with Crippen molar-refractivity contribution in [1.29, 1.82) is 0 Å². The van der Waals surface area contributed by atoms with E-state index in [1.54, 1.807) is 0 Å². The van der Waals surface area contributed by atoms with Crippen LogP contribution in [0.15, 0.2) is 36.4 Å². The smallest absolute Gasteiger partial charge is 0.178 e. The molecule has 0 aliphatic carbocycles. The van der Waals surface area contributed by atoms with Crippen molar-refractivity contribution in [2.75, 3.05) is 5.75 Å². The summed E-state index contributed by atoms with van der Waals surface area (Å²) in [6, 6.07) is 9.64. The second-order valence-electron chi connectivity index (χ2n) is 5.01. The minimum absolute atomic E-state index is 0.0604. The minimum Gasteiger partial charge on any atom is -0.293 e. The van der Waals surface area contributed by atoms with Gasteiger partial charge in [0, 0.05) is 5.75 Å². The van der Waals surface area contributed by atoms with E-state index in [1.807, 2.05) is 26.0 Å². The Balaban J connectivity index is 1.99. The van der Waals surface area contributed by atoms with E-state index >= 15 is 0 Å². The van der Waals surface area contributed by atoms with E-state index < -0.39 is 23.0 Å². The normalized spacial score (nSPS) is 10.7. The molecule has 0 saturated carbocycles. The molecule has 4 heteroatoms. The van der Waals surface area contributed by atoms with Crippen LogP contribution in [-0.2, 0) is 5.75 Å². The molecule has 0 aliphatic heterocycles. The van der Waals surface area contributed by atoms with E-state index in [0.29, 0.717) is 5.75 Å². The molecule has 0 atom stereocenters. The maximum atomic E-state index is 13.5. The molecule has 2 aromatic carbocycles. The van der Waals surface area contributed by atoms with Gasteiger partial charge in [0.1, 0.15) is 11.6 Å². The first-order valence-electron chi connectivity index (χ1n) is 6.59. The third kappa shape index (κ3) is 4.14. The summed E-state index contributed by atoms with van der Waals surface area (Å²) >= 11 is 1.36. The SMILES string of the molecule is Cc1cc(C)cc(CSCC(=O)c2c(F)cccc2F)c1. The number of carbonyl (C=O) groups is 1. The Morgan fingerprint density at radius 2 is 1.62 bits per heavy atom. The zero-order chi connectivity index (χ0) is 15.4. The lowest BCUT2D eigenvalue weighted by molar-refractivity contribution is 0.101. The van der Waals surface area contributed by atoms with Crippen LogP contribution in [0.4, 0.5) is 8.78 Å². The minimum atomic E-state index is -0.799. The fourth-order valence-electron chi connectivity index (χ4n) is 2.25. The second kappa shape index (κ2) is 6.85. The highest BCUT2D eigenvalue weighted by Crippen LogP contribution is 2.19. The number of carbonyl (C=O) groups excluding carboxylic acids is 1. The summed E-state index contributed by atoms with van der Waals surface area (Å²) in [6.07, 6.45) is 0. The zero-order valence-corrected chi connectivity index (χ0v) is 12.8. The van der Waals surface area contributed by atoms with Crippen molar-refractivity contribution in [3.8, 4) is 0 Å². The molecule has 0 aliphatic rings.